The van der Waals surface area contributed by atoms with Crippen molar-refractivity contribution in [3.63, 3.8) is 0 Å². The second kappa shape index (κ2) is 8.13. The van der Waals surface area contributed by atoms with Crippen LogP contribution in [-0.4, -0.2) is 19.0 Å². The maximum absolute atomic E-state index is 13.6. The Bertz CT molecular complexity index is 881. The van der Waals surface area contributed by atoms with Crippen molar-refractivity contribution >= 4 is 11.6 Å². The Labute approximate surface area is 166 Å². The summed E-state index contributed by atoms with van der Waals surface area (Å²) in [6.45, 7) is 1.07. The van der Waals surface area contributed by atoms with Crippen molar-refractivity contribution in [1.82, 2.24) is 4.48 Å². The molecular weight excluding hydrogens is 348 g/mol. The fourth-order valence-corrected chi connectivity index (χ4v) is 4.23. The van der Waals surface area contributed by atoms with Gasteiger partial charge in [-0.1, -0.05) is 37.1 Å². The maximum atomic E-state index is 13.6. The summed E-state index contributed by atoms with van der Waals surface area (Å²) in [4.78, 5) is 13.6. The number of nitrogens with two attached hydrogens (primary N) is 1. The van der Waals surface area contributed by atoms with Gasteiger partial charge in [0.05, 0.1) is 5.92 Å². The van der Waals surface area contributed by atoms with Crippen molar-refractivity contribution in [2.45, 2.75) is 25.7 Å². The van der Waals surface area contributed by atoms with Gasteiger partial charge in [-0.15, -0.1) is 0 Å². The van der Waals surface area contributed by atoms with Crippen LogP contribution in [0, 0.1) is 5.92 Å². The Morgan fingerprint density at radius 1 is 1.00 bits per heavy atom. The summed E-state index contributed by atoms with van der Waals surface area (Å²) < 4.78 is 6.14. The van der Waals surface area contributed by atoms with E-state index in [0.29, 0.717) is 13.1 Å². The topological polar surface area (TPSA) is 52.3 Å². The number of amides is 1. The first-order valence-electron chi connectivity index (χ1n) is 10.1. The summed E-state index contributed by atoms with van der Waals surface area (Å²) >= 11 is 0. The second-order valence-electron chi connectivity index (χ2n) is 7.59. The van der Waals surface area contributed by atoms with E-state index in [1.807, 2.05) is 66.9 Å². The fraction of sp³-hybridized carbons (Fsp3) is 0.292. The van der Waals surface area contributed by atoms with Crippen LogP contribution >= 0.6 is 0 Å². The van der Waals surface area contributed by atoms with Crippen LogP contribution in [0.4, 0.5) is 5.69 Å². The molecule has 1 saturated carbocycles. The number of ether oxygens (including phenoxy) is 1. The van der Waals surface area contributed by atoms with Crippen molar-refractivity contribution in [2.24, 2.45) is 11.7 Å². The van der Waals surface area contributed by atoms with Crippen molar-refractivity contribution in [1.29, 1.82) is 0 Å². The second-order valence-corrected chi connectivity index (χ2v) is 7.59. The lowest BCUT2D eigenvalue weighted by molar-refractivity contribution is -0.131. The molecule has 0 spiro atoms. The normalized spacial score (nSPS) is 22.1. The number of hydrogen-bond acceptors (Lipinski definition) is 3. The van der Waals surface area contributed by atoms with Gasteiger partial charge < -0.3 is 10.5 Å². The van der Waals surface area contributed by atoms with Gasteiger partial charge in [0.2, 0.25) is 0 Å². The molecule has 2 aromatic rings. The molecule has 1 aliphatic carbocycles. The lowest BCUT2D eigenvalue weighted by Gasteiger charge is -2.35. The molecule has 28 heavy (non-hydrogen) atoms. The SMILES string of the molecule is NCC1=C[N+](C(=O)C2CCCC2)(c2ccc(Oc3ccccc3)cc2)CC=C1. The summed E-state index contributed by atoms with van der Waals surface area (Å²) in [6.07, 6.45) is 10.4. The average Bonchev–Trinajstić information content (AvgIpc) is 3.29. The number of para-hydroxylation sites is 1. The van der Waals surface area contributed by atoms with Gasteiger partial charge in [0.15, 0.2) is 0 Å². The highest BCUT2D eigenvalue weighted by Gasteiger charge is 2.43. The highest BCUT2D eigenvalue weighted by molar-refractivity contribution is 5.93. The number of benzene rings is 2. The van der Waals surface area contributed by atoms with E-state index >= 15 is 0 Å². The van der Waals surface area contributed by atoms with Crippen LogP contribution in [0.2, 0.25) is 0 Å². The monoisotopic (exact) mass is 375 g/mol. The van der Waals surface area contributed by atoms with E-state index in [1.54, 1.807) is 0 Å². The number of nitrogens with zero attached hydrogens (tertiary/aromatic N) is 1. The van der Waals surface area contributed by atoms with Crippen LogP contribution in [0.15, 0.2) is 78.5 Å². The molecule has 144 valence electrons. The van der Waals surface area contributed by atoms with Crippen LogP contribution in [0.3, 0.4) is 0 Å². The molecule has 2 aromatic carbocycles. The fourth-order valence-electron chi connectivity index (χ4n) is 4.23. The van der Waals surface area contributed by atoms with Gasteiger partial charge in [-0.2, -0.15) is 4.48 Å². The van der Waals surface area contributed by atoms with E-state index in [4.69, 9.17) is 10.5 Å². The average molecular weight is 375 g/mol. The third-order valence-corrected chi connectivity index (χ3v) is 5.72. The van der Waals surface area contributed by atoms with Gasteiger partial charge in [0.25, 0.3) is 0 Å². The van der Waals surface area contributed by atoms with E-state index < -0.39 is 0 Å². The Hall–Kier alpha value is -2.69. The Morgan fingerprint density at radius 2 is 1.68 bits per heavy atom. The van der Waals surface area contributed by atoms with Crippen molar-refractivity contribution in [3.8, 4) is 11.5 Å². The molecule has 2 aliphatic rings. The zero-order valence-corrected chi connectivity index (χ0v) is 16.1. The minimum Gasteiger partial charge on any atom is -0.457 e. The largest absolute Gasteiger partial charge is 0.457 e. The Balaban J connectivity index is 1.66. The van der Waals surface area contributed by atoms with Crippen molar-refractivity contribution < 1.29 is 9.53 Å². The molecule has 1 fully saturated rings. The zero-order chi connectivity index (χ0) is 19.4. The van der Waals surface area contributed by atoms with Gasteiger partial charge in [-0.05, 0) is 43.2 Å². The van der Waals surface area contributed by atoms with E-state index in [0.717, 1.165) is 48.4 Å². The van der Waals surface area contributed by atoms with Crippen LogP contribution in [0.25, 0.3) is 0 Å². The number of hydrogen-bond donors (Lipinski definition) is 1. The molecule has 4 rings (SSSR count). The number of rotatable bonds is 5. The molecule has 4 heteroatoms. The highest BCUT2D eigenvalue weighted by atomic mass is 16.5. The van der Waals surface area contributed by atoms with Gasteiger partial charge in [-0.25, -0.2) is 4.79 Å². The Kier molecular flexibility index (Phi) is 5.42. The van der Waals surface area contributed by atoms with E-state index in [2.05, 4.69) is 6.08 Å². The highest BCUT2D eigenvalue weighted by Crippen LogP contribution is 2.36. The minimum atomic E-state index is 0.127. The van der Waals surface area contributed by atoms with Crippen molar-refractivity contribution in [2.75, 3.05) is 13.1 Å². The third kappa shape index (κ3) is 3.66. The molecule has 0 bridgehead atoms. The first-order valence-corrected chi connectivity index (χ1v) is 10.1. The molecule has 2 N–H and O–H groups in total. The van der Waals surface area contributed by atoms with Crippen LogP contribution in [-0.2, 0) is 4.79 Å². The molecule has 4 nitrogen and oxygen atoms in total. The maximum Gasteiger partial charge on any atom is 0.326 e. The molecule has 1 aliphatic heterocycles. The zero-order valence-electron chi connectivity index (χ0n) is 16.1. The van der Waals surface area contributed by atoms with Crippen LogP contribution < -0.4 is 15.0 Å². The van der Waals surface area contributed by atoms with E-state index in [1.165, 1.54) is 0 Å². The van der Waals surface area contributed by atoms with Crippen LogP contribution in [0.1, 0.15) is 25.7 Å². The first-order chi connectivity index (χ1) is 13.7. The summed E-state index contributed by atoms with van der Waals surface area (Å²) in [6, 6.07) is 17.6. The number of quaternary nitrogens is 1. The quantitative estimate of drug-likeness (QED) is 0.755. The van der Waals surface area contributed by atoms with Gasteiger partial charge in [-0.3, -0.25) is 0 Å². The molecule has 1 atom stereocenters. The van der Waals surface area contributed by atoms with E-state index in [9.17, 15) is 4.79 Å². The predicted octanol–water partition coefficient (Wildman–Crippen LogP) is 4.92. The Morgan fingerprint density at radius 3 is 2.36 bits per heavy atom. The smallest absolute Gasteiger partial charge is 0.326 e. The standard InChI is InChI=1S/C24H27N2O2/c25-17-19-7-6-16-26(18-19,24(27)20-8-4-5-9-20)21-12-14-23(15-13-21)28-22-10-2-1-3-11-22/h1-3,6-7,10-15,18,20H,4-5,8-9,16-17,25H2/q+1. The molecule has 1 heterocycles. The molecule has 0 saturated heterocycles. The molecule has 0 aromatic heterocycles. The molecule has 1 amide bonds. The first kappa shape index (κ1) is 18.7. The third-order valence-electron chi connectivity index (χ3n) is 5.72. The van der Waals surface area contributed by atoms with E-state index in [-0.39, 0.29) is 16.3 Å². The minimum absolute atomic E-state index is 0.127. The van der Waals surface area contributed by atoms with Crippen LogP contribution in [0.5, 0.6) is 11.5 Å². The number of carbonyl (C=O) groups is 1. The molecular formula is C24H27N2O2+. The molecule has 1 unspecified atom stereocenters. The van der Waals surface area contributed by atoms with Crippen molar-refractivity contribution in [3.05, 3.63) is 78.5 Å². The summed E-state index contributed by atoms with van der Waals surface area (Å²) in [5.74, 6) is 1.97. The summed E-state index contributed by atoms with van der Waals surface area (Å²) in [5.41, 5.74) is 7.87. The van der Waals surface area contributed by atoms with Gasteiger partial charge >= 0.3 is 5.91 Å². The lowest BCUT2D eigenvalue weighted by atomic mass is 10.0. The molecule has 0 radical (unpaired) electrons. The predicted molar refractivity (Wildman–Crippen MR) is 113 cm³/mol. The summed E-state index contributed by atoms with van der Waals surface area (Å²) in [7, 11) is 0. The lowest BCUT2D eigenvalue weighted by Crippen LogP contribution is -2.53. The van der Waals surface area contributed by atoms with Gasteiger partial charge in [0, 0.05) is 24.3 Å². The van der Waals surface area contributed by atoms with Gasteiger partial charge in [0.1, 0.15) is 29.9 Å². The number of carbonyl (C=O) groups excluding carboxylic acids is 1. The summed E-state index contributed by atoms with van der Waals surface area (Å²) in [5, 5.41) is 0.